The molecule has 0 heterocycles. The molecular weight excluding hydrogens is 258 g/mol. The van der Waals surface area contributed by atoms with Gasteiger partial charge in [-0.05, 0) is 51.2 Å². The van der Waals surface area contributed by atoms with Gasteiger partial charge in [0, 0.05) is 24.0 Å². The van der Waals surface area contributed by atoms with E-state index < -0.39 is 0 Å². The van der Waals surface area contributed by atoms with Gasteiger partial charge in [0.15, 0.2) is 0 Å². The third kappa shape index (κ3) is 3.30. The lowest BCUT2D eigenvalue weighted by Crippen LogP contribution is -2.45. The van der Waals surface area contributed by atoms with E-state index in [2.05, 4.69) is 6.07 Å². The molecule has 0 spiro atoms. The van der Waals surface area contributed by atoms with Crippen LogP contribution in [0.4, 0.5) is 0 Å². The molecule has 1 amide bonds. The summed E-state index contributed by atoms with van der Waals surface area (Å²) in [4.78, 5) is 14.8. The number of carbonyl (C=O) groups excluding carboxylic acids is 1. The SMILES string of the molecule is Cc1ccc(C)c(C(=O)N(CCCCl)C2CCC2)c1. The summed E-state index contributed by atoms with van der Waals surface area (Å²) in [5, 5.41) is 0. The van der Waals surface area contributed by atoms with Crippen molar-refractivity contribution in [1.29, 1.82) is 0 Å². The van der Waals surface area contributed by atoms with E-state index in [9.17, 15) is 4.79 Å². The number of alkyl halides is 1. The number of amides is 1. The summed E-state index contributed by atoms with van der Waals surface area (Å²) in [6, 6.07) is 6.52. The van der Waals surface area contributed by atoms with E-state index in [1.165, 1.54) is 6.42 Å². The molecule has 0 aliphatic heterocycles. The number of hydrogen-bond acceptors (Lipinski definition) is 1. The number of nitrogens with zero attached hydrogens (tertiary/aromatic N) is 1. The number of aryl methyl sites for hydroxylation is 2. The van der Waals surface area contributed by atoms with Crippen molar-refractivity contribution >= 4 is 17.5 Å². The summed E-state index contributed by atoms with van der Waals surface area (Å²) in [5.74, 6) is 0.791. The number of benzene rings is 1. The Morgan fingerprint density at radius 1 is 1.37 bits per heavy atom. The minimum atomic E-state index is 0.177. The van der Waals surface area contributed by atoms with Gasteiger partial charge in [-0.3, -0.25) is 4.79 Å². The minimum absolute atomic E-state index is 0.177. The van der Waals surface area contributed by atoms with Gasteiger partial charge >= 0.3 is 0 Å². The van der Waals surface area contributed by atoms with Crippen LogP contribution in [-0.2, 0) is 0 Å². The Balaban J connectivity index is 2.19. The topological polar surface area (TPSA) is 20.3 Å². The van der Waals surface area contributed by atoms with Gasteiger partial charge < -0.3 is 4.90 Å². The van der Waals surface area contributed by atoms with Crippen molar-refractivity contribution in [3.63, 3.8) is 0 Å². The second-order valence-corrected chi connectivity index (χ2v) is 5.82. The molecule has 1 fully saturated rings. The summed E-state index contributed by atoms with van der Waals surface area (Å²) in [7, 11) is 0. The first kappa shape index (κ1) is 14.4. The maximum atomic E-state index is 12.7. The van der Waals surface area contributed by atoms with Crippen LogP contribution < -0.4 is 0 Å². The smallest absolute Gasteiger partial charge is 0.254 e. The number of carbonyl (C=O) groups is 1. The fourth-order valence-electron chi connectivity index (χ4n) is 2.50. The third-order valence-corrected chi connectivity index (χ3v) is 4.20. The molecule has 19 heavy (non-hydrogen) atoms. The quantitative estimate of drug-likeness (QED) is 0.748. The Hall–Kier alpha value is -1.02. The third-order valence-electron chi connectivity index (χ3n) is 3.93. The van der Waals surface area contributed by atoms with Crippen LogP contribution in [-0.4, -0.2) is 29.3 Å². The molecule has 3 heteroatoms. The molecule has 1 aromatic rings. The monoisotopic (exact) mass is 279 g/mol. The minimum Gasteiger partial charge on any atom is -0.336 e. The zero-order valence-corrected chi connectivity index (χ0v) is 12.5. The Morgan fingerprint density at radius 3 is 2.68 bits per heavy atom. The van der Waals surface area contributed by atoms with E-state index >= 15 is 0 Å². The van der Waals surface area contributed by atoms with Crippen LogP contribution in [0.2, 0.25) is 0 Å². The Bertz CT molecular complexity index is 454. The first-order chi connectivity index (χ1) is 9.13. The Labute approximate surface area is 120 Å². The van der Waals surface area contributed by atoms with Gasteiger partial charge in [-0.1, -0.05) is 17.7 Å². The average Bonchev–Trinajstić information content (AvgIpc) is 2.34. The fourth-order valence-corrected chi connectivity index (χ4v) is 2.62. The van der Waals surface area contributed by atoms with E-state index in [-0.39, 0.29) is 5.91 Å². The summed E-state index contributed by atoms with van der Waals surface area (Å²) in [6.45, 7) is 4.82. The van der Waals surface area contributed by atoms with Crippen LogP contribution in [0.15, 0.2) is 18.2 Å². The highest BCUT2D eigenvalue weighted by molar-refractivity contribution is 6.17. The standard InChI is InChI=1S/C16H22ClNO/c1-12-7-8-13(2)15(11-12)16(19)18(10-4-9-17)14-5-3-6-14/h7-8,11,14H,3-6,9-10H2,1-2H3. The molecule has 0 atom stereocenters. The van der Waals surface area contributed by atoms with Gasteiger partial charge in [-0.25, -0.2) is 0 Å². The largest absolute Gasteiger partial charge is 0.336 e. The molecule has 1 aliphatic rings. The summed E-state index contributed by atoms with van der Waals surface area (Å²) < 4.78 is 0. The van der Waals surface area contributed by atoms with Crippen molar-refractivity contribution in [1.82, 2.24) is 4.90 Å². The van der Waals surface area contributed by atoms with Crippen LogP contribution in [0.3, 0.4) is 0 Å². The average molecular weight is 280 g/mol. The van der Waals surface area contributed by atoms with Gasteiger partial charge in [0.25, 0.3) is 5.91 Å². The Kier molecular flexibility index (Phi) is 4.87. The second kappa shape index (κ2) is 6.42. The van der Waals surface area contributed by atoms with Gasteiger partial charge in [0.1, 0.15) is 0 Å². The zero-order chi connectivity index (χ0) is 13.8. The molecule has 1 saturated carbocycles. The van der Waals surface area contributed by atoms with E-state index in [0.717, 1.165) is 42.5 Å². The molecule has 0 radical (unpaired) electrons. The van der Waals surface area contributed by atoms with Gasteiger partial charge in [-0.15, -0.1) is 11.6 Å². The van der Waals surface area contributed by atoms with Crippen LogP contribution in [0.1, 0.15) is 47.2 Å². The first-order valence-electron chi connectivity index (χ1n) is 7.07. The normalized spacial score (nSPS) is 15.1. The summed E-state index contributed by atoms with van der Waals surface area (Å²) in [5.41, 5.74) is 3.05. The van der Waals surface area contributed by atoms with E-state index in [1.54, 1.807) is 0 Å². The number of hydrogen-bond donors (Lipinski definition) is 0. The lowest BCUT2D eigenvalue weighted by atomic mass is 9.90. The predicted molar refractivity (Wildman–Crippen MR) is 79.9 cm³/mol. The Morgan fingerprint density at radius 2 is 2.11 bits per heavy atom. The van der Waals surface area contributed by atoms with E-state index in [1.807, 2.05) is 30.9 Å². The maximum Gasteiger partial charge on any atom is 0.254 e. The molecule has 2 rings (SSSR count). The molecule has 0 unspecified atom stereocenters. The molecule has 0 bridgehead atoms. The van der Waals surface area contributed by atoms with Crippen molar-refractivity contribution in [2.24, 2.45) is 0 Å². The van der Waals surface area contributed by atoms with Gasteiger partial charge in [-0.2, -0.15) is 0 Å². The van der Waals surface area contributed by atoms with Crippen LogP contribution >= 0.6 is 11.6 Å². The maximum absolute atomic E-state index is 12.7. The predicted octanol–water partition coefficient (Wildman–Crippen LogP) is 3.93. The van der Waals surface area contributed by atoms with Crippen LogP contribution in [0.25, 0.3) is 0 Å². The number of rotatable bonds is 5. The van der Waals surface area contributed by atoms with Crippen molar-refractivity contribution in [2.45, 2.75) is 45.6 Å². The molecule has 0 N–H and O–H groups in total. The highest BCUT2D eigenvalue weighted by atomic mass is 35.5. The highest BCUT2D eigenvalue weighted by Crippen LogP contribution is 2.27. The van der Waals surface area contributed by atoms with Crippen molar-refractivity contribution in [3.8, 4) is 0 Å². The molecular formula is C16H22ClNO. The molecule has 0 aromatic heterocycles. The van der Waals surface area contributed by atoms with Crippen molar-refractivity contribution in [3.05, 3.63) is 34.9 Å². The lowest BCUT2D eigenvalue weighted by molar-refractivity contribution is 0.0580. The van der Waals surface area contributed by atoms with Gasteiger partial charge in [0.05, 0.1) is 0 Å². The van der Waals surface area contributed by atoms with Crippen LogP contribution in [0.5, 0.6) is 0 Å². The molecule has 104 valence electrons. The van der Waals surface area contributed by atoms with Crippen molar-refractivity contribution < 1.29 is 4.79 Å². The molecule has 0 saturated heterocycles. The molecule has 2 nitrogen and oxygen atoms in total. The zero-order valence-electron chi connectivity index (χ0n) is 11.8. The number of halogens is 1. The summed E-state index contributed by atoms with van der Waals surface area (Å²) in [6.07, 6.45) is 4.38. The lowest BCUT2D eigenvalue weighted by Gasteiger charge is -2.38. The highest BCUT2D eigenvalue weighted by Gasteiger charge is 2.29. The van der Waals surface area contributed by atoms with Crippen molar-refractivity contribution in [2.75, 3.05) is 12.4 Å². The first-order valence-corrected chi connectivity index (χ1v) is 7.61. The van der Waals surface area contributed by atoms with E-state index in [0.29, 0.717) is 11.9 Å². The second-order valence-electron chi connectivity index (χ2n) is 5.44. The molecule has 1 aromatic carbocycles. The van der Waals surface area contributed by atoms with E-state index in [4.69, 9.17) is 11.6 Å². The fraction of sp³-hybridized carbons (Fsp3) is 0.562. The molecule has 1 aliphatic carbocycles. The van der Waals surface area contributed by atoms with Gasteiger partial charge in [0.2, 0.25) is 0 Å². The summed E-state index contributed by atoms with van der Waals surface area (Å²) >= 11 is 5.78. The van der Waals surface area contributed by atoms with Crippen LogP contribution in [0, 0.1) is 13.8 Å².